The molecule has 2 aliphatic carbocycles. The summed E-state index contributed by atoms with van der Waals surface area (Å²) in [5.74, 6) is 0.0557. The Morgan fingerprint density at radius 2 is 1.79 bits per heavy atom. The molecule has 34 heavy (non-hydrogen) atoms. The van der Waals surface area contributed by atoms with E-state index >= 15 is 0 Å². The molecule has 0 spiro atoms. The van der Waals surface area contributed by atoms with Gasteiger partial charge in [0, 0.05) is 29.3 Å². The summed E-state index contributed by atoms with van der Waals surface area (Å²) in [6, 6.07) is 17.8. The summed E-state index contributed by atoms with van der Waals surface area (Å²) in [6.45, 7) is 2.37. The van der Waals surface area contributed by atoms with Crippen molar-refractivity contribution in [3.63, 3.8) is 0 Å². The Labute approximate surface area is 200 Å². The Kier molecular flexibility index (Phi) is 6.52. The standard InChI is InChI=1S/C29H31NO4/c1-19-26(29(32)34-22-12-5-6-13-22)27(28-24(30-19)15-8-16-25(28)31)21-11-7-14-23(17-21)33-18-20-9-3-2-4-10-20/h2-4,7,9-11,14,17,22,27,30H,5-6,8,12-13,15-16,18H2,1H3/t27-/m0/s1. The van der Waals surface area contributed by atoms with Gasteiger partial charge < -0.3 is 14.8 Å². The maximum atomic E-state index is 13.4. The zero-order valence-electron chi connectivity index (χ0n) is 19.6. The lowest BCUT2D eigenvalue weighted by Gasteiger charge is -2.34. The van der Waals surface area contributed by atoms with Crippen LogP contribution in [-0.2, 0) is 20.9 Å². The fraction of sp³-hybridized carbons (Fsp3) is 0.379. The predicted octanol–water partition coefficient (Wildman–Crippen LogP) is 5.72. The van der Waals surface area contributed by atoms with Gasteiger partial charge in [-0.3, -0.25) is 4.79 Å². The molecule has 0 unspecified atom stereocenters. The summed E-state index contributed by atoms with van der Waals surface area (Å²) in [6.07, 6.45) is 6.10. The molecule has 1 saturated carbocycles. The van der Waals surface area contributed by atoms with E-state index in [-0.39, 0.29) is 17.9 Å². The number of rotatable bonds is 6. The Morgan fingerprint density at radius 1 is 1.00 bits per heavy atom. The summed E-state index contributed by atoms with van der Waals surface area (Å²) in [7, 11) is 0. The summed E-state index contributed by atoms with van der Waals surface area (Å²) >= 11 is 0. The van der Waals surface area contributed by atoms with Crippen molar-refractivity contribution in [3.8, 4) is 5.75 Å². The summed E-state index contributed by atoms with van der Waals surface area (Å²) in [4.78, 5) is 26.6. The highest BCUT2D eigenvalue weighted by Crippen LogP contribution is 2.43. The van der Waals surface area contributed by atoms with E-state index in [0.29, 0.717) is 29.9 Å². The molecule has 176 valence electrons. The minimum Gasteiger partial charge on any atom is -0.489 e. The van der Waals surface area contributed by atoms with Crippen LogP contribution in [0, 0.1) is 0 Å². The number of carbonyl (C=O) groups excluding carboxylic acids is 2. The lowest BCUT2D eigenvalue weighted by atomic mass is 9.75. The molecule has 5 nitrogen and oxygen atoms in total. The Hall–Kier alpha value is -3.34. The molecule has 5 rings (SSSR count). The zero-order valence-corrected chi connectivity index (χ0v) is 19.6. The third kappa shape index (κ3) is 4.65. The van der Waals surface area contributed by atoms with Gasteiger partial charge in [-0.15, -0.1) is 0 Å². The van der Waals surface area contributed by atoms with Crippen molar-refractivity contribution in [1.82, 2.24) is 5.32 Å². The molecule has 3 aliphatic rings. The largest absolute Gasteiger partial charge is 0.489 e. The molecule has 2 aromatic rings. The van der Waals surface area contributed by atoms with Gasteiger partial charge in [0.2, 0.25) is 0 Å². The molecule has 1 N–H and O–H groups in total. The summed E-state index contributed by atoms with van der Waals surface area (Å²) in [5, 5.41) is 3.37. The van der Waals surface area contributed by atoms with Crippen molar-refractivity contribution in [3.05, 3.63) is 88.3 Å². The maximum absolute atomic E-state index is 13.4. The molecule has 1 atom stereocenters. The minimum atomic E-state index is -0.446. The van der Waals surface area contributed by atoms with E-state index in [2.05, 4.69) is 5.32 Å². The number of hydrogen-bond donors (Lipinski definition) is 1. The second-order valence-electron chi connectivity index (χ2n) is 9.42. The van der Waals surface area contributed by atoms with Crippen LogP contribution in [0.4, 0.5) is 0 Å². The van der Waals surface area contributed by atoms with E-state index in [4.69, 9.17) is 9.47 Å². The first-order valence-electron chi connectivity index (χ1n) is 12.3. The fourth-order valence-corrected chi connectivity index (χ4v) is 5.33. The van der Waals surface area contributed by atoms with E-state index < -0.39 is 5.92 Å². The Morgan fingerprint density at radius 3 is 2.59 bits per heavy atom. The molecule has 1 fully saturated rings. The zero-order chi connectivity index (χ0) is 23.5. The first kappa shape index (κ1) is 22.5. The molecular weight excluding hydrogens is 426 g/mol. The van der Waals surface area contributed by atoms with Gasteiger partial charge in [-0.25, -0.2) is 4.79 Å². The molecule has 2 aromatic carbocycles. The van der Waals surface area contributed by atoms with Crippen LogP contribution in [-0.4, -0.2) is 17.9 Å². The van der Waals surface area contributed by atoms with Crippen molar-refractivity contribution in [1.29, 1.82) is 0 Å². The third-order valence-corrected chi connectivity index (χ3v) is 7.01. The number of benzene rings is 2. The van der Waals surface area contributed by atoms with Crippen LogP contribution in [0.25, 0.3) is 0 Å². The van der Waals surface area contributed by atoms with Gasteiger partial charge in [0.15, 0.2) is 5.78 Å². The highest BCUT2D eigenvalue weighted by Gasteiger charge is 2.40. The molecule has 0 radical (unpaired) electrons. The van der Waals surface area contributed by atoms with Crippen LogP contribution in [0.15, 0.2) is 77.1 Å². The van der Waals surface area contributed by atoms with E-state index in [0.717, 1.165) is 61.0 Å². The highest BCUT2D eigenvalue weighted by atomic mass is 16.5. The second kappa shape index (κ2) is 9.88. The molecule has 1 aliphatic heterocycles. The number of allylic oxidation sites excluding steroid dienone is 3. The van der Waals surface area contributed by atoms with Crippen molar-refractivity contribution in [2.45, 2.75) is 70.5 Å². The number of ether oxygens (including phenoxy) is 2. The number of hydrogen-bond acceptors (Lipinski definition) is 5. The quantitative estimate of drug-likeness (QED) is 0.562. The number of carbonyl (C=O) groups is 2. The Bertz CT molecular complexity index is 1140. The molecule has 1 heterocycles. The molecule has 0 bridgehead atoms. The Balaban J connectivity index is 1.48. The molecule has 0 saturated heterocycles. The predicted molar refractivity (Wildman–Crippen MR) is 130 cm³/mol. The first-order chi connectivity index (χ1) is 16.6. The van der Waals surface area contributed by atoms with Crippen molar-refractivity contribution < 1.29 is 19.1 Å². The summed E-state index contributed by atoms with van der Waals surface area (Å²) in [5.41, 5.74) is 4.92. The number of ketones is 1. The van der Waals surface area contributed by atoms with Gasteiger partial charge in [0.25, 0.3) is 0 Å². The number of Topliss-reactive ketones (excluding diaryl/α,β-unsaturated/α-hetero) is 1. The monoisotopic (exact) mass is 457 g/mol. The average Bonchev–Trinajstić information content (AvgIpc) is 3.36. The molecule has 0 aromatic heterocycles. The molecule has 0 amide bonds. The number of nitrogens with one attached hydrogen (secondary N) is 1. The van der Waals surface area contributed by atoms with Gasteiger partial charge in [0.1, 0.15) is 18.5 Å². The van der Waals surface area contributed by atoms with Crippen LogP contribution in [0.5, 0.6) is 5.75 Å². The van der Waals surface area contributed by atoms with Crippen LogP contribution < -0.4 is 10.1 Å². The lowest BCUT2D eigenvalue weighted by molar-refractivity contribution is -0.144. The topological polar surface area (TPSA) is 64.6 Å². The van der Waals surface area contributed by atoms with Crippen molar-refractivity contribution in [2.24, 2.45) is 0 Å². The van der Waals surface area contributed by atoms with Gasteiger partial charge in [-0.2, -0.15) is 0 Å². The van der Waals surface area contributed by atoms with E-state index in [9.17, 15) is 9.59 Å². The average molecular weight is 458 g/mol. The smallest absolute Gasteiger partial charge is 0.337 e. The molecule has 5 heteroatoms. The van der Waals surface area contributed by atoms with Crippen LogP contribution >= 0.6 is 0 Å². The fourth-order valence-electron chi connectivity index (χ4n) is 5.33. The maximum Gasteiger partial charge on any atom is 0.337 e. The van der Waals surface area contributed by atoms with Crippen molar-refractivity contribution >= 4 is 11.8 Å². The van der Waals surface area contributed by atoms with E-state index in [1.54, 1.807) is 0 Å². The first-order valence-corrected chi connectivity index (χ1v) is 12.3. The van der Waals surface area contributed by atoms with Crippen molar-refractivity contribution in [2.75, 3.05) is 0 Å². The van der Waals surface area contributed by atoms with Gasteiger partial charge >= 0.3 is 5.97 Å². The van der Waals surface area contributed by atoms with Crippen LogP contribution in [0.3, 0.4) is 0 Å². The highest BCUT2D eigenvalue weighted by molar-refractivity contribution is 6.03. The molecular formula is C29H31NO4. The van der Waals surface area contributed by atoms with Gasteiger partial charge in [0.05, 0.1) is 5.57 Å². The van der Waals surface area contributed by atoms with Gasteiger partial charge in [-0.1, -0.05) is 42.5 Å². The minimum absolute atomic E-state index is 0.0357. The van der Waals surface area contributed by atoms with E-state index in [1.807, 2.05) is 61.5 Å². The number of esters is 1. The van der Waals surface area contributed by atoms with Gasteiger partial charge in [-0.05, 0) is 68.7 Å². The lowest BCUT2D eigenvalue weighted by Crippen LogP contribution is -2.35. The normalized spacial score (nSPS) is 20.7. The van der Waals surface area contributed by atoms with Crippen LogP contribution in [0.2, 0.25) is 0 Å². The third-order valence-electron chi connectivity index (χ3n) is 7.01. The second-order valence-corrected chi connectivity index (χ2v) is 9.42. The van der Waals surface area contributed by atoms with E-state index in [1.165, 1.54) is 0 Å². The SMILES string of the molecule is CC1=C(C(=O)OC2CCCC2)[C@H](c2cccc(OCc3ccccc3)c2)C2=C(CCCC2=O)N1. The van der Waals surface area contributed by atoms with Crippen LogP contribution in [0.1, 0.15) is 68.9 Å². The number of dihydropyridines is 1. The summed E-state index contributed by atoms with van der Waals surface area (Å²) < 4.78 is 12.0.